The maximum absolute atomic E-state index is 14.3. The Morgan fingerprint density at radius 1 is 1.30 bits per heavy atom. The van der Waals surface area contributed by atoms with Crippen molar-refractivity contribution < 1.29 is 22.7 Å². The molecule has 0 aliphatic heterocycles. The highest BCUT2D eigenvalue weighted by Gasteiger charge is 2.55. The molecule has 0 radical (unpaired) electrons. The summed E-state index contributed by atoms with van der Waals surface area (Å²) >= 11 is 1.96. The third-order valence-electron chi connectivity index (χ3n) is 5.10. The van der Waals surface area contributed by atoms with Crippen molar-refractivity contribution in [3.8, 4) is 0 Å². The normalized spacial score (nSPS) is 15.0. The molecule has 0 amide bonds. The van der Waals surface area contributed by atoms with Gasteiger partial charge < -0.3 is 10.4 Å². The highest BCUT2D eigenvalue weighted by molar-refractivity contribution is 14.1. The average Bonchev–Trinajstić information content (AvgIpc) is 3.45. The lowest BCUT2D eigenvalue weighted by atomic mass is 10.2. The molecule has 1 saturated carbocycles. The Bertz CT molecular complexity index is 1180. The van der Waals surface area contributed by atoms with Crippen molar-refractivity contribution >= 4 is 55.6 Å². The summed E-state index contributed by atoms with van der Waals surface area (Å²) in [7, 11) is -2.57. The number of pyridine rings is 1. The predicted molar refractivity (Wildman–Crippen MR) is 120 cm³/mol. The molecule has 162 valence electrons. The second-order valence-electron chi connectivity index (χ2n) is 7.37. The van der Waals surface area contributed by atoms with Crippen LogP contribution in [-0.2, 0) is 21.9 Å². The zero-order chi connectivity index (χ0) is 22.3. The van der Waals surface area contributed by atoms with Crippen LogP contribution in [0.2, 0.25) is 0 Å². The van der Waals surface area contributed by atoms with E-state index < -0.39 is 33.0 Å². The van der Waals surface area contributed by atoms with Crippen LogP contribution in [0.3, 0.4) is 0 Å². The Kier molecular flexibility index (Phi) is 6.25. The number of halogens is 2. The fourth-order valence-electron chi connectivity index (χ4n) is 3.19. The van der Waals surface area contributed by atoms with Crippen molar-refractivity contribution in [2.24, 2.45) is 7.05 Å². The van der Waals surface area contributed by atoms with Crippen LogP contribution in [0.5, 0.6) is 0 Å². The van der Waals surface area contributed by atoms with Crippen molar-refractivity contribution in [3.05, 3.63) is 49.6 Å². The number of benzene rings is 1. The number of aliphatic hydroxyl groups is 1. The van der Waals surface area contributed by atoms with Crippen molar-refractivity contribution in [2.45, 2.75) is 30.9 Å². The number of hydrogen-bond acceptors (Lipinski definition) is 6. The molecule has 1 aromatic heterocycles. The number of hydrogen-bond donors (Lipinski definition) is 3. The summed E-state index contributed by atoms with van der Waals surface area (Å²) in [6.45, 7) is 0.812. The average molecular weight is 549 g/mol. The highest BCUT2D eigenvalue weighted by Crippen LogP contribution is 2.47. The second kappa shape index (κ2) is 8.27. The maximum atomic E-state index is 14.3. The SMILES string of the molecule is Cc1cc(NS(=O)(=O)C2(CC(=O)CO)CC2)c(Nc2ccc(I)cc2F)n(C)c1=O. The molecule has 1 aromatic carbocycles. The van der Waals surface area contributed by atoms with Gasteiger partial charge >= 0.3 is 0 Å². The second-order valence-corrected chi connectivity index (χ2v) is 10.7. The van der Waals surface area contributed by atoms with Gasteiger partial charge in [0.15, 0.2) is 5.78 Å². The third-order valence-corrected chi connectivity index (χ3v) is 7.95. The summed E-state index contributed by atoms with van der Waals surface area (Å²) in [5, 5.41) is 11.8. The molecule has 2 aromatic rings. The van der Waals surface area contributed by atoms with Crippen LogP contribution in [0.15, 0.2) is 29.1 Å². The molecule has 0 saturated heterocycles. The zero-order valence-corrected chi connectivity index (χ0v) is 19.3. The van der Waals surface area contributed by atoms with Crippen LogP contribution in [0.1, 0.15) is 24.8 Å². The van der Waals surface area contributed by atoms with E-state index in [0.717, 1.165) is 0 Å². The molecule has 30 heavy (non-hydrogen) atoms. The van der Waals surface area contributed by atoms with Gasteiger partial charge in [-0.2, -0.15) is 0 Å². The molecule has 1 fully saturated rings. The lowest BCUT2D eigenvalue weighted by Crippen LogP contribution is -2.34. The fraction of sp³-hybridized carbons (Fsp3) is 0.368. The monoisotopic (exact) mass is 549 g/mol. The molecule has 0 spiro atoms. The van der Waals surface area contributed by atoms with E-state index in [1.165, 1.54) is 36.7 Å². The molecule has 0 unspecified atom stereocenters. The van der Waals surface area contributed by atoms with Gasteiger partial charge in [0.1, 0.15) is 18.2 Å². The zero-order valence-electron chi connectivity index (χ0n) is 16.3. The van der Waals surface area contributed by atoms with Gasteiger partial charge in [0.25, 0.3) is 5.56 Å². The van der Waals surface area contributed by atoms with Gasteiger partial charge in [-0.3, -0.25) is 18.9 Å². The summed E-state index contributed by atoms with van der Waals surface area (Å²) in [6.07, 6.45) is 0.277. The van der Waals surface area contributed by atoms with E-state index in [1.54, 1.807) is 6.07 Å². The van der Waals surface area contributed by atoms with E-state index in [0.29, 0.717) is 9.13 Å². The summed E-state index contributed by atoms with van der Waals surface area (Å²) in [4.78, 5) is 24.1. The number of aromatic nitrogens is 1. The largest absolute Gasteiger partial charge is 0.389 e. The summed E-state index contributed by atoms with van der Waals surface area (Å²) in [5.41, 5.74) is 0.0599. The summed E-state index contributed by atoms with van der Waals surface area (Å²) < 4.78 is 43.4. The molecule has 1 aliphatic rings. The van der Waals surface area contributed by atoms with Crippen LogP contribution < -0.4 is 15.6 Å². The van der Waals surface area contributed by atoms with E-state index in [2.05, 4.69) is 10.0 Å². The Labute approximate surface area is 186 Å². The molecule has 1 aliphatic carbocycles. The smallest absolute Gasteiger partial charge is 0.254 e. The number of carbonyl (C=O) groups excluding carboxylic acids is 1. The molecule has 1 heterocycles. The minimum Gasteiger partial charge on any atom is -0.389 e. The van der Waals surface area contributed by atoms with Crippen LogP contribution in [-0.4, -0.2) is 35.2 Å². The van der Waals surface area contributed by atoms with Gasteiger partial charge in [-0.05, 0) is 66.6 Å². The Morgan fingerprint density at radius 2 is 1.97 bits per heavy atom. The number of sulfonamides is 1. The lowest BCUT2D eigenvalue weighted by Gasteiger charge is -2.21. The first-order chi connectivity index (χ1) is 14.0. The van der Waals surface area contributed by atoms with Gasteiger partial charge in [-0.15, -0.1) is 0 Å². The first-order valence-electron chi connectivity index (χ1n) is 9.07. The van der Waals surface area contributed by atoms with Crippen molar-refractivity contribution in [2.75, 3.05) is 16.6 Å². The number of ketones is 1. The molecular formula is C19H21FIN3O5S. The topological polar surface area (TPSA) is 118 Å². The quantitative estimate of drug-likeness (QED) is 0.436. The number of anilines is 3. The van der Waals surface area contributed by atoms with E-state index >= 15 is 0 Å². The van der Waals surface area contributed by atoms with Crippen LogP contribution in [0.4, 0.5) is 21.6 Å². The number of aryl methyl sites for hydroxylation is 1. The number of nitrogens with zero attached hydrogens (tertiary/aromatic N) is 1. The van der Waals surface area contributed by atoms with Crippen LogP contribution in [0, 0.1) is 16.3 Å². The molecule has 0 bridgehead atoms. The Hall–Kier alpha value is -1.99. The van der Waals surface area contributed by atoms with Gasteiger partial charge in [-0.1, -0.05) is 0 Å². The van der Waals surface area contributed by atoms with Gasteiger partial charge in [0.2, 0.25) is 10.0 Å². The third kappa shape index (κ3) is 4.37. The number of aliphatic hydroxyl groups excluding tert-OH is 1. The Balaban J connectivity index is 2.02. The number of nitrogens with one attached hydrogen (secondary N) is 2. The molecule has 3 rings (SSSR count). The maximum Gasteiger partial charge on any atom is 0.254 e. The minimum absolute atomic E-state index is 0.0651. The van der Waals surface area contributed by atoms with Gasteiger partial charge in [-0.25, -0.2) is 12.8 Å². The van der Waals surface area contributed by atoms with E-state index in [4.69, 9.17) is 5.11 Å². The van der Waals surface area contributed by atoms with E-state index in [9.17, 15) is 22.4 Å². The number of rotatable bonds is 8. The molecule has 11 heteroatoms. The van der Waals surface area contributed by atoms with Gasteiger partial charge in [0, 0.05) is 22.6 Å². The van der Waals surface area contributed by atoms with Crippen molar-refractivity contribution in [1.29, 1.82) is 0 Å². The fourth-order valence-corrected chi connectivity index (χ4v) is 5.29. The minimum atomic E-state index is -4.02. The molecular weight excluding hydrogens is 528 g/mol. The standard InChI is InChI=1S/C19H21FIN3O5S/c1-11-7-16(23-30(28,29)19(5-6-19)9-13(26)10-25)17(24(2)18(11)27)22-15-4-3-12(21)8-14(15)20/h3-4,7-8,22-23,25H,5-6,9-10H2,1-2H3. The summed E-state index contributed by atoms with van der Waals surface area (Å²) in [6, 6.07) is 5.83. The van der Waals surface area contributed by atoms with Crippen LogP contribution >= 0.6 is 22.6 Å². The molecule has 8 nitrogen and oxygen atoms in total. The Morgan fingerprint density at radius 3 is 2.53 bits per heavy atom. The highest BCUT2D eigenvalue weighted by atomic mass is 127. The first kappa shape index (κ1) is 22.7. The summed E-state index contributed by atoms with van der Waals surface area (Å²) in [5.74, 6) is -1.05. The van der Waals surface area contributed by atoms with Crippen LogP contribution in [0.25, 0.3) is 0 Å². The lowest BCUT2D eigenvalue weighted by molar-refractivity contribution is -0.121. The van der Waals surface area contributed by atoms with Gasteiger partial charge in [0.05, 0.1) is 16.1 Å². The van der Waals surface area contributed by atoms with Crippen molar-refractivity contribution in [1.82, 2.24) is 4.57 Å². The molecule has 3 N–H and O–H groups in total. The predicted octanol–water partition coefficient (Wildman–Crippen LogP) is 2.41. The number of Topliss-reactive ketones (excluding diaryl/α,β-unsaturated/α-hetero) is 1. The first-order valence-corrected chi connectivity index (χ1v) is 11.6. The molecule has 0 atom stereocenters. The van der Waals surface area contributed by atoms with E-state index in [1.807, 2.05) is 22.6 Å². The van der Waals surface area contributed by atoms with E-state index in [-0.39, 0.29) is 42.0 Å². The van der Waals surface area contributed by atoms with Crippen molar-refractivity contribution in [3.63, 3.8) is 0 Å². The number of carbonyl (C=O) groups is 1.